The fourth-order valence-corrected chi connectivity index (χ4v) is 2.76. The largest absolute Gasteiger partial charge is 0.497 e. The number of benzene rings is 2. The molecule has 0 spiro atoms. The maximum atomic E-state index is 12.4. The molecule has 0 aliphatic heterocycles. The topological polar surface area (TPSA) is 112 Å². The highest BCUT2D eigenvalue weighted by atomic mass is 79.9. The molecule has 3 rings (SSSR count). The number of carbonyl (C=O) groups is 1. The minimum atomic E-state index is -0.793. The lowest BCUT2D eigenvalue weighted by atomic mass is 10.1. The maximum Gasteiger partial charge on any atom is 0.349 e. The summed E-state index contributed by atoms with van der Waals surface area (Å²) in [5.41, 5.74) is -0.518. The molecule has 0 saturated carbocycles. The Labute approximate surface area is 154 Å². The van der Waals surface area contributed by atoms with Crippen LogP contribution >= 0.6 is 15.9 Å². The van der Waals surface area contributed by atoms with Crippen molar-refractivity contribution in [2.75, 3.05) is 12.4 Å². The van der Waals surface area contributed by atoms with Gasteiger partial charge in [-0.3, -0.25) is 14.9 Å². The van der Waals surface area contributed by atoms with E-state index in [-0.39, 0.29) is 16.9 Å². The Morgan fingerprint density at radius 1 is 1.23 bits per heavy atom. The molecular weight excluding hydrogens is 408 g/mol. The molecule has 1 amide bonds. The molecule has 1 aromatic heterocycles. The third-order valence-electron chi connectivity index (χ3n) is 3.60. The van der Waals surface area contributed by atoms with Gasteiger partial charge in [-0.1, -0.05) is 0 Å². The highest BCUT2D eigenvalue weighted by Crippen LogP contribution is 2.27. The van der Waals surface area contributed by atoms with E-state index in [2.05, 4.69) is 21.2 Å². The van der Waals surface area contributed by atoms with Crippen LogP contribution in [0, 0.1) is 10.1 Å². The summed E-state index contributed by atoms with van der Waals surface area (Å²) in [4.78, 5) is 34.7. The Bertz CT molecular complexity index is 1090. The zero-order chi connectivity index (χ0) is 18.8. The molecule has 1 heterocycles. The van der Waals surface area contributed by atoms with Gasteiger partial charge in [-0.2, -0.15) is 0 Å². The molecule has 26 heavy (non-hydrogen) atoms. The molecule has 2 aromatic carbocycles. The second-order valence-corrected chi connectivity index (χ2v) is 6.08. The van der Waals surface area contributed by atoms with Crippen molar-refractivity contribution in [1.29, 1.82) is 0 Å². The van der Waals surface area contributed by atoms with Crippen LogP contribution in [0.15, 0.2) is 56.1 Å². The summed E-state index contributed by atoms with van der Waals surface area (Å²) < 4.78 is 10.6. The Balaban J connectivity index is 1.96. The summed E-state index contributed by atoms with van der Waals surface area (Å²) >= 11 is 3.16. The van der Waals surface area contributed by atoms with Gasteiger partial charge in [0, 0.05) is 22.0 Å². The van der Waals surface area contributed by atoms with Gasteiger partial charge in [-0.15, -0.1) is 0 Å². The Kier molecular flexibility index (Phi) is 4.72. The summed E-state index contributed by atoms with van der Waals surface area (Å²) in [6, 6.07) is 10.1. The summed E-state index contributed by atoms with van der Waals surface area (Å²) in [5.74, 6) is -0.145. The molecule has 8 nitrogen and oxygen atoms in total. The van der Waals surface area contributed by atoms with Crippen LogP contribution in [0.1, 0.15) is 10.4 Å². The number of nitrogens with zero attached hydrogens (tertiary/aromatic N) is 1. The number of non-ortho nitro benzene ring substituents is 1. The standard InChI is InChI=1S/C17H11BrN2O6/c1-25-11-3-5-15-9(6-11)7-12(17(22)26-15)16(21)19-14-4-2-10(20(23)24)8-13(14)18/h2-8H,1H3,(H,19,21). The first kappa shape index (κ1) is 17.6. The molecule has 0 aliphatic rings. The number of fused-ring (bicyclic) bond motifs is 1. The monoisotopic (exact) mass is 418 g/mol. The zero-order valence-electron chi connectivity index (χ0n) is 13.3. The van der Waals surface area contributed by atoms with Crippen LogP contribution in [0.4, 0.5) is 11.4 Å². The number of anilines is 1. The Morgan fingerprint density at radius 3 is 2.65 bits per heavy atom. The third kappa shape index (κ3) is 3.42. The van der Waals surface area contributed by atoms with Gasteiger partial charge in [0.2, 0.25) is 0 Å². The predicted octanol–water partition coefficient (Wildman–Crippen LogP) is 3.72. The van der Waals surface area contributed by atoms with Crippen LogP contribution in [0.3, 0.4) is 0 Å². The lowest BCUT2D eigenvalue weighted by Crippen LogP contribution is -2.20. The molecule has 1 N–H and O–H groups in total. The molecule has 0 bridgehead atoms. The van der Waals surface area contributed by atoms with Crippen LogP contribution in [0.2, 0.25) is 0 Å². The molecule has 0 radical (unpaired) electrons. The smallest absolute Gasteiger partial charge is 0.349 e. The van der Waals surface area contributed by atoms with Crippen molar-refractivity contribution in [2.45, 2.75) is 0 Å². The fraction of sp³-hybridized carbons (Fsp3) is 0.0588. The molecule has 0 atom stereocenters. The van der Waals surface area contributed by atoms with E-state index in [0.717, 1.165) is 0 Å². The van der Waals surface area contributed by atoms with E-state index in [4.69, 9.17) is 9.15 Å². The number of carbonyl (C=O) groups excluding carboxylic acids is 1. The number of amides is 1. The lowest BCUT2D eigenvalue weighted by molar-refractivity contribution is -0.384. The van der Waals surface area contributed by atoms with E-state index in [1.54, 1.807) is 18.2 Å². The van der Waals surface area contributed by atoms with Crippen LogP contribution in [-0.4, -0.2) is 17.9 Å². The van der Waals surface area contributed by atoms with Crippen LogP contribution in [-0.2, 0) is 0 Å². The number of ether oxygens (including phenoxy) is 1. The Hall–Kier alpha value is -3.20. The van der Waals surface area contributed by atoms with Gasteiger partial charge < -0.3 is 14.5 Å². The summed E-state index contributed by atoms with van der Waals surface area (Å²) in [6.07, 6.45) is 0. The van der Waals surface area contributed by atoms with Crippen molar-refractivity contribution in [1.82, 2.24) is 0 Å². The number of rotatable bonds is 4. The quantitative estimate of drug-likeness (QED) is 0.392. The van der Waals surface area contributed by atoms with Crippen LogP contribution < -0.4 is 15.7 Å². The summed E-state index contributed by atoms with van der Waals surface area (Å²) in [5, 5.41) is 13.8. The highest BCUT2D eigenvalue weighted by molar-refractivity contribution is 9.10. The highest BCUT2D eigenvalue weighted by Gasteiger charge is 2.17. The van der Waals surface area contributed by atoms with Crippen molar-refractivity contribution < 1.29 is 18.9 Å². The SMILES string of the molecule is COc1ccc2oc(=O)c(C(=O)Nc3ccc([N+](=O)[O-])cc3Br)cc2c1. The predicted molar refractivity (Wildman–Crippen MR) is 97.8 cm³/mol. The van der Waals surface area contributed by atoms with E-state index in [0.29, 0.717) is 21.2 Å². The summed E-state index contributed by atoms with van der Waals surface area (Å²) in [7, 11) is 1.50. The molecule has 132 valence electrons. The van der Waals surface area contributed by atoms with Gasteiger partial charge in [0.25, 0.3) is 11.6 Å². The normalized spacial score (nSPS) is 10.5. The molecule has 3 aromatic rings. The first-order valence-corrected chi connectivity index (χ1v) is 8.05. The first-order valence-electron chi connectivity index (χ1n) is 7.26. The van der Waals surface area contributed by atoms with Crippen molar-refractivity contribution >= 4 is 44.2 Å². The number of hydrogen-bond donors (Lipinski definition) is 1. The van der Waals surface area contributed by atoms with E-state index in [1.807, 2.05) is 0 Å². The molecular formula is C17H11BrN2O6. The lowest BCUT2D eigenvalue weighted by Gasteiger charge is -2.07. The number of nitrogens with one attached hydrogen (secondary N) is 1. The minimum Gasteiger partial charge on any atom is -0.497 e. The van der Waals surface area contributed by atoms with Crippen LogP contribution in [0.25, 0.3) is 11.0 Å². The van der Waals surface area contributed by atoms with Crippen molar-refractivity contribution in [2.24, 2.45) is 0 Å². The molecule has 0 fully saturated rings. The van der Waals surface area contributed by atoms with Gasteiger partial charge in [0.05, 0.1) is 17.7 Å². The van der Waals surface area contributed by atoms with Crippen molar-refractivity contribution in [3.63, 3.8) is 0 Å². The zero-order valence-corrected chi connectivity index (χ0v) is 14.9. The Morgan fingerprint density at radius 2 is 2.00 bits per heavy atom. The second-order valence-electron chi connectivity index (χ2n) is 5.23. The van der Waals surface area contributed by atoms with Gasteiger partial charge in [0.15, 0.2) is 0 Å². The number of hydrogen-bond acceptors (Lipinski definition) is 6. The van der Waals surface area contributed by atoms with E-state index in [1.165, 1.54) is 31.4 Å². The van der Waals surface area contributed by atoms with Gasteiger partial charge in [0.1, 0.15) is 16.9 Å². The maximum absolute atomic E-state index is 12.4. The average Bonchev–Trinajstić information content (AvgIpc) is 2.62. The number of halogens is 1. The minimum absolute atomic E-state index is 0.132. The molecule has 0 aliphatic carbocycles. The first-order chi connectivity index (χ1) is 12.4. The van der Waals surface area contributed by atoms with Crippen LogP contribution in [0.5, 0.6) is 5.75 Å². The van der Waals surface area contributed by atoms with Gasteiger partial charge in [-0.05, 0) is 46.3 Å². The van der Waals surface area contributed by atoms with Crippen molar-refractivity contribution in [3.8, 4) is 5.75 Å². The molecule has 0 saturated heterocycles. The van der Waals surface area contributed by atoms with Crippen molar-refractivity contribution in [3.05, 3.63) is 73.0 Å². The number of nitro benzene ring substituents is 1. The van der Waals surface area contributed by atoms with Gasteiger partial charge in [-0.25, -0.2) is 4.79 Å². The third-order valence-corrected chi connectivity index (χ3v) is 4.25. The van der Waals surface area contributed by atoms with E-state index < -0.39 is 16.5 Å². The summed E-state index contributed by atoms with van der Waals surface area (Å²) in [6.45, 7) is 0. The van der Waals surface area contributed by atoms with Gasteiger partial charge >= 0.3 is 5.63 Å². The van der Waals surface area contributed by atoms with E-state index >= 15 is 0 Å². The molecule has 9 heteroatoms. The molecule has 0 unspecified atom stereocenters. The fourth-order valence-electron chi connectivity index (χ4n) is 2.30. The second kappa shape index (κ2) is 6.96. The number of methoxy groups -OCH3 is 1. The van der Waals surface area contributed by atoms with E-state index in [9.17, 15) is 19.7 Å². The number of nitro groups is 1. The average molecular weight is 419 g/mol.